The third-order valence-electron chi connectivity index (χ3n) is 3.78. The third kappa shape index (κ3) is 4.22. The number of hydrogen-bond donors (Lipinski definition) is 1. The Morgan fingerprint density at radius 3 is 2.68 bits per heavy atom. The van der Waals surface area contributed by atoms with E-state index in [-0.39, 0.29) is 30.0 Å². The molecule has 3 aromatic rings. The molecule has 1 N–H and O–H groups in total. The predicted octanol–water partition coefficient (Wildman–Crippen LogP) is 3.61. The molecule has 2 aromatic carbocycles. The van der Waals surface area contributed by atoms with Gasteiger partial charge in [-0.15, -0.1) is 5.10 Å². The molecule has 0 bridgehead atoms. The van der Waals surface area contributed by atoms with Crippen molar-refractivity contribution in [3.05, 3.63) is 82.4 Å². The summed E-state index contributed by atoms with van der Waals surface area (Å²) in [7, 11) is 0. The lowest BCUT2D eigenvalue weighted by molar-refractivity contribution is 0.0934. The Kier molecular flexibility index (Phi) is 5.09. The van der Waals surface area contributed by atoms with Crippen molar-refractivity contribution in [2.45, 2.75) is 19.5 Å². The van der Waals surface area contributed by atoms with Gasteiger partial charge in [-0.2, -0.15) is 0 Å². The van der Waals surface area contributed by atoms with Crippen LogP contribution in [0, 0.1) is 5.82 Å². The normalized spacial score (nSPS) is 12.0. The molecule has 0 aliphatic heterocycles. The zero-order valence-electron chi connectivity index (χ0n) is 13.5. The van der Waals surface area contributed by atoms with Gasteiger partial charge in [-0.05, 0) is 30.7 Å². The van der Waals surface area contributed by atoms with Gasteiger partial charge in [0.25, 0.3) is 5.91 Å². The van der Waals surface area contributed by atoms with Gasteiger partial charge in [0.15, 0.2) is 5.69 Å². The first-order valence-corrected chi connectivity index (χ1v) is 8.10. The SMILES string of the molecule is C[C@H](NC(=O)c1cn(Cc2ccccc2F)nn1)c1ccc(Cl)cc1. The summed E-state index contributed by atoms with van der Waals surface area (Å²) in [6.45, 7) is 2.07. The van der Waals surface area contributed by atoms with Gasteiger partial charge in [-0.25, -0.2) is 9.07 Å². The second-order valence-corrected chi connectivity index (χ2v) is 6.08. The maximum absolute atomic E-state index is 13.7. The minimum atomic E-state index is -0.345. The van der Waals surface area contributed by atoms with Crippen molar-refractivity contribution >= 4 is 17.5 Å². The first-order valence-electron chi connectivity index (χ1n) is 7.73. The molecule has 0 radical (unpaired) electrons. The highest BCUT2D eigenvalue weighted by Crippen LogP contribution is 2.16. The lowest BCUT2D eigenvalue weighted by atomic mass is 10.1. The van der Waals surface area contributed by atoms with Gasteiger partial charge >= 0.3 is 0 Å². The Morgan fingerprint density at radius 2 is 1.96 bits per heavy atom. The Morgan fingerprint density at radius 1 is 1.24 bits per heavy atom. The van der Waals surface area contributed by atoms with Crippen LogP contribution in [0.5, 0.6) is 0 Å². The van der Waals surface area contributed by atoms with Crippen LogP contribution in [-0.2, 0) is 6.54 Å². The molecule has 128 valence electrons. The highest BCUT2D eigenvalue weighted by Gasteiger charge is 2.15. The number of benzene rings is 2. The molecule has 1 aromatic heterocycles. The second-order valence-electron chi connectivity index (χ2n) is 5.64. The number of amides is 1. The molecule has 7 heteroatoms. The van der Waals surface area contributed by atoms with Crippen LogP contribution in [0.25, 0.3) is 0 Å². The van der Waals surface area contributed by atoms with Gasteiger partial charge in [0.1, 0.15) is 5.82 Å². The molecule has 0 saturated carbocycles. The summed E-state index contributed by atoms with van der Waals surface area (Å²) in [5.41, 5.74) is 1.59. The molecular formula is C18H16ClFN4O. The molecule has 0 fully saturated rings. The van der Waals surface area contributed by atoms with Crippen molar-refractivity contribution in [1.82, 2.24) is 20.3 Å². The number of nitrogens with zero attached hydrogens (tertiary/aromatic N) is 3. The minimum Gasteiger partial charge on any atom is -0.344 e. The first-order chi connectivity index (χ1) is 12.0. The van der Waals surface area contributed by atoms with Gasteiger partial charge in [0.05, 0.1) is 18.8 Å². The van der Waals surface area contributed by atoms with Crippen molar-refractivity contribution in [2.75, 3.05) is 0 Å². The maximum Gasteiger partial charge on any atom is 0.273 e. The average Bonchev–Trinajstić information content (AvgIpc) is 3.06. The summed E-state index contributed by atoms with van der Waals surface area (Å²) in [5.74, 6) is -0.664. The molecule has 3 rings (SSSR count). The van der Waals surface area contributed by atoms with Crippen molar-refractivity contribution in [3.63, 3.8) is 0 Å². The maximum atomic E-state index is 13.7. The van der Waals surface area contributed by atoms with Crippen molar-refractivity contribution < 1.29 is 9.18 Å². The number of carbonyl (C=O) groups is 1. The zero-order valence-corrected chi connectivity index (χ0v) is 14.2. The topological polar surface area (TPSA) is 59.8 Å². The van der Waals surface area contributed by atoms with Crippen LogP contribution in [-0.4, -0.2) is 20.9 Å². The summed E-state index contributed by atoms with van der Waals surface area (Å²) in [4.78, 5) is 12.3. The van der Waals surface area contributed by atoms with Crippen LogP contribution in [0.2, 0.25) is 5.02 Å². The van der Waals surface area contributed by atoms with Crippen LogP contribution < -0.4 is 5.32 Å². The number of aromatic nitrogens is 3. The number of halogens is 2. The Hall–Kier alpha value is -2.73. The molecule has 0 spiro atoms. The Bertz CT molecular complexity index is 879. The van der Waals surface area contributed by atoms with E-state index in [4.69, 9.17) is 11.6 Å². The average molecular weight is 359 g/mol. The van der Waals surface area contributed by atoms with Gasteiger partial charge in [-0.3, -0.25) is 4.79 Å². The van der Waals surface area contributed by atoms with Crippen LogP contribution >= 0.6 is 11.6 Å². The molecular weight excluding hydrogens is 343 g/mol. The number of rotatable bonds is 5. The zero-order chi connectivity index (χ0) is 17.8. The molecule has 0 unspecified atom stereocenters. The number of nitrogens with one attached hydrogen (secondary N) is 1. The van der Waals surface area contributed by atoms with Crippen LogP contribution in [0.4, 0.5) is 4.39 Å². The van der Waals surface area contributed by atoms with Crippen LogP contribution in [0.15, 0.2) is 54.7 Å². The van der Waals surface area contributed by atoms with E-state index >= 15 is 0 Å². The molecule has 0 aliphatic carbocycles. The van der Waals surface area contributed by atoms with E-state index < -0.39 is 0 Å². The molecule has 0 aliphatic rings. The Balaban J connectivity index is 1.66. The molecule has 5 nitrogen and oxygen atoms in total. The van der Waals surface area contributed by atoms with Gasteiger partial charge < -0.3 is 5.32 Å². The second kappa shape index (κ2) is 7.44. The molecule has 0 saturated heterocycles. The summed E-state index contributed by atoms with van der Waals surface area (Å²) in [6, 6.07) is 13.4. The Labute approximate surface area is 149 Å². The summed E-state index contributed by atoms with van der Waals surface area (Å²) < 4.78 is 15.1. The quantitative estimate of drug-likeness (QED) is 0.758. The van der Waals surface area contributed by atoms with Crippen molar-refractivity contribution in [3.8, 4) is 0 Å². The lowest BCUT2D eigenvalue weighted by Gasteiger charge is -2.13. The number of hydrogen-bond acceptors (Lipinski definition) is 3. The van der Waals surface area contributed by atoms with E-state index in [1.54, 1.807) is 30.3 Å². The molecule has 1 amide bonds. The largest absolute Gasteiger partial charge is 0.344 e. The van der Waals surface area contributed by atoms with Crippen molar-refractivity contribution in [1.29, 1.82) is 0 Å². The summed E-state index contributed by atoms with van der Waals surface area (Å²) in [5, 5.41) is 11.2. The monoisotopic (exact) mass is 358 g/mol. The highest BCUT2D eigenvalue weighted by atomic mass is 35.5. The van der Waals surface area contributed by atoms with Crippen LogP contribution in [0.3, 0.4) is 0 Å². The number of carbonyl (C=O) groups excluding carboxylic acids is 1. The minimum absolute atomic E-state index is 0.178. The van der Waals surface area contributed by atoms with E-state index in [2.05, 4.69) is 15.6 Å². The van der Waals surface area contributed by atoms with E-state index in [1.807, 2.05) is 19.1 Å². The fraction of sp³-hybridized carbons (Fsp3) is 0.167. The molecule has 25 heavy (non-hydrogen) atoms. The smallest absolute Gasteiger partial charge is 0.273 e. The standard InChI is InChI=1S/C18H16ClFN4O/c1-12(13-6-8-15(19)9-7-13)21-18(25)17-11-24(23-22-17)10-14-4-2-3-5-16(14)20/h2-9,11-12H,10H2,1H3,(H,21,25)/t12-/m0/s1. The fourth-order valence-corrected chi connectivity index (χ4v) is 2.51. The fourth-order valence-electron chi connectivity index (χ4n) is 2.39. The predicted molar refractivity (Wildman–Crippen MR) is 92.9 cm³/mol. The van der Waals surface area contributed by atoms with Gasteiger partial charge in [-0.1, -0.05) is 47.1 Å². The van der Waals surface area contributed by atoms with E-state index in [9.17, 15) is 9.18 Å². The molecule has 1 heterocycles. The molecule has 1 atom stereocenters. The lowest BCUT2D eigenvalue weighted by Crippen LogP contribution is -2.26. The summed E-state index contributed by atoms with van der Waals surface area (Å²) in [6.07, 6.45) is 1.50. The van der Waals surface area contributed by atoms with E-state index in [0.29, 0.717) is 10.6 Å². The van der Waals surface area contributed by atoms with Crippen molar-refractivity contribution in [2.24, 2.45) is 0 Å². The summed E-state index contributed by atoms with van der Waals surface area (Å²) >= 11 is 5.86. The highest BCUT2D eigenvalue weighted by molar-refractivity contribution is 6.30. The third-order valence-corrected chi connectivity index (χ3v) is 4.03. The van der Waals surface area contributed by atoms with Gasteiger partial charge in [0.2, 0.25) is 0 Å². The van der Waals surface area contributed by atoms with E-state index in [0.717, 1.165) is 5.56 Å². The van der Waals surface area contributed by atoms with Gasteiger partial charge in [0, 0.05) is 10.6 Å². The van der Waals surface area contributed by atoms with Crippen LogP contribution in [0.1, 0.15) is 34.6 Å². The first kappa shape index (κ1) is 17.1. The van der Waals surface area contributed by atoms with E-state index in [1.165, 1.54) is 16.9 Å².